The third-order valence-corrected chi connectivity index (χ3v) is 2.79. The van der Waals surface area contributed by atoms with Crippen LogP contribution in [0.1, 0.15) is 5.69 Å². The molecule has 0 aliphatic rings. The number of methoxy groups -OCH3 is 1. The van der Waals surface area contributed by atoms with Crippen molar-refractivity contribution in [1.82, 2.24) is 4.98 Å². The van der Waals surface area contributed by atoms with E-state index in [0.29, 0.717) is 5.69 Å². The Kier molecular flexibility index (Phi) is 4.10. The summed E-state index contributed by atoms with van der Waals surface area (Å²) in [7, 11) is 1.28. The summed E-state index contributed by atoms with van der Waals surface area (Å²) in [5, 5.41) is 0. The molecule has 2 N–H and O–H groups in total. The van der Waals surface area contributed by atoms with Crippen molar-refractivity contribution in [1.29, 1.82) is 0 Å². The van der Waals surface area contributed by atoms with E-state index in [1.807, 2.05) is 0 Å². The average molecular weight is 272 g/mol. The van der Waals surface area contributed by atoms with E-state index in [4.69, 9.17) is 5.73 Å². The summed E-state index contributed by atoms with van der Waals surface area (Å²) < 4.78 is 17.5. The molecule has 0 aliphatic carbocycles. The molecule has 1 aromatic carbocycles. The summed E-state index contributed by atoms with van der Waals surface area (Å²) >= 11 is 0. The van der Waals surface area contributed by atoms with Crippen LogP contribution in [0.15, 0.2) is 48.8 Å². The molecule has 0 radical (unpaired) electrons. The van der Waals surface area contributed by atoms with Gasteiger partial charge in [-0.25, -0.2) is 9.18 Å². The molecule has 0 saturated carbocycles. The lowest BCUT2D eigenvalue weighted by Crippen LogP contribution is -2.07. The van der Waals surface area contributed by atoms with E-state index in [1.165, 1.54) is 19.2 Å². The van der Waals surface area contributed by atoms with Crippen molar-refractivity contribution in [2.75, 3.05) is 7.11 Å². The Morgan fingerprint density at radius 2 is 1.85 bits per heavy atom. The number of carbonyl (C=O) groups excluding carboxylic acids is 1. The molecule has 4 nitrogen and oxygen atoms in total. The van der Waals surface area contributed by atoms with Crippen LogP contribution in [0.2, 0.25) is 0 Å². The highest BCUT2D eigenvalue weighted by Gasteiger charge is 2.13. The molecule has 5 heteroatoms. The molecule has 2 rings (SSSR count). The van der Waals surface area contributed by atoms with E-state index in [0.717, 1.165) is 17.3 Å². The number of hydrogen-bond donors (Lipinski definition) is 1. The lowest BCUT2D eigenvalue weighted by Gasteiger charge is -2.06. The van der Waals surface area contributed by atoms with Crippen LogP contribution in [0.3, 0.4) is 0 Å². The maximum atomic E-state index is 12.9. The Hall–Kier alpha value is -2.69. The average Bonchev–Trinajstić information content (AvgIpc) is 2.49. The second-order valence-corrected chi connectivity index (χ2v) is 4.01. The van der Waals surface area contributed by atoms with Crippen molar-refractivity contribution in [3.05, 3.63) is 60.3 Å². The van der Waals surface area contributed by atoms with Gasteiger partial charge in [0.1, 0.15) is 11.4 Å². The highest BCUT2D eigenvalue weighted by atomic mass is 19.1. The fourth-order valence-corrected chi connectivity index (χ4v) is 1.73. The van der Waals surface area contributed by atoms with Crippen molar-refractivity contribution in [3.63, 3.8) is 0 Å². The van der Waals surface area contributed by atoms with Gasteiger partial charge in [0.2, 0.25) is 0 Å². The minimum absolute atomic E-state index is 0.193. The zero-order chi connectivity index (χ0) is 14.5. The Balaban J connectivity index is 2.30. The van der Waals surface area contributed by atoms with E-state index >= 15 is 0 Å². The SMILES string of the molecule is COC(=O)/C(=C/N)c1ccc(-c2ccc(F)cc2)cn1. The van der Waals surface area contributed by atoms with Gasteiger partial charge in [-0.2, -0.15) is 0 Å². The largest absolute Gasteiger partial charge is 0.465 e. The number of pyridine rings is 1. The summed E-state index contributed by atoms with van der Waals surface area (Å²) in [6, 6.07) is 9.51. The van der Waals surface area contributed by atoms with Crippen molar-refractivity contribution in [2.24, 2.45) is 5.73 Å². The first-order valence-electron chi connectivity index (χ1n) is 5.88. The number of hydrogen-bond acceptors (Lipinski definition) is 4. The van der Waals surface area contributed by atoms with Crippen LogP contribution in [0.25, 0.3) is 16.7 Å². The van der Waals surface area contributed by atoms with Gasteiger partial charge in [-0.3, -0.25) is 4.98 Å². The van der Waals surface area contributed by atoms with Crippen molar-refractivity contribution in [2.45, 2.75) is 0 Å². The van der Waals surface area contributed by atoms with Gasteiger partial charge in [0.25, 0.3) is 0 Å². The van der Waals surface area contributed by atoms with Crippen LogP contribution in [0, 0.1) is 5.82 Å². The van der Waals surface area contributed by atoms with E-state index < -0.39 is 5.97 Å². The molecule has 0 fully saturated rings. The van der Waals surface area contributed by atoms with Gasteiger partial charge < -0.3 is 10.5 Å². The van der Waals surface area contributed by atoms with Gasteiger partial charge in [0.15, 0.2) is 0 Å². The molecule has 20 heavy (non-hydrogen) atoms. The molecule has 1 aromatic heterocycles. The van der Waals surface area contributed by atoms with Gasteiger partial charge in [-0.15, -0.1) is 0 Å². The number of esters is 1. The second kappa shape index (κ2) is 5.97. The number of rotatable bonds is 3. The molecule has 1 heterocycles. The van der Waals surface area contributed by atoms with Crippen molar-refractivity contribution < 1.29 is 13.9 Å². The Morgan fingerprint density at radius 1 is 1.20 bits per heavy atom. The number of nitrogens with zero attached hydrogens (tertiary/aromatic N) is 1. The number of nitrogens with two attached hydrogens (primary N) is 1. The van der Waals surface area contributed by atoms with Crippen LogP contribution in [0.5, 0.6) is 0 Å². The standard InChI is InChI=1S/C15H13FN2O2/c1-20-15(19)13(8-17)14-7-4-11(9-18-14)10-2-5-12(16)6-3-10/h2-9H,17H2,1H3/b13-8+. The van der Waals surface area contributed by atoms with Crippen LogP contribution in [0.4, 0.5) is 4.39 Å². The third-order valence-electron chi connectivity index (χ3n) is 2.79. The van der Waals surface area contributed by atoms with Crippen LogP contribution < -0.4 is 5.73 Å². The van der Waals surface area contributed by atoms with E-state index in [9.17, 15) is 9.18 Å². The molecule has 0 bridgehead atoms. The number of aromatic nitrogens is 1. The minimum Gasteiger partial charge on any atom is -0.465 e. The summed E-state index contributed by atoms with van der Waals surface area (Å²) in [5.41, 5.74) is 7.67. The normalized spacial score (nSPS) is 11.2. The van der Waals surface area contributed by atoms with Crippen molar-refractivity contribution >= 4 is 11.5 Å². The van der Waals surface area contributed by atoms with Gasteiger partial charge >= 0.3 is 5.97 Å². The van der Waals surface area contributed by atoms with E-state index in [1.54, 1.807) is 30.5 Å². The summed E-state index contributed by atoms with van der Waals surface area (Å²) in [5.74, 6) is -0.841. The Morgan fingerprint density at radius 3 is 2.35 bits per heavy atom. The summed E-state index contributed by atoms with van der Waals surface area (Å²) in [4.78, 5) is 15.7. The monoisotopic (exact) mass is 272 g/mol. The maximum absolute atomic E-state index is 12.9. The molecular formula is C15H13FN2O2. The topological polar surface area (TPSA) is 65.2 Å². The van der Waals surface area contributed by atoms with E-state index in [-0.39, 0.29) is 11.4 Å². The summed E-state index contributed by atoms with van der Waals surface area (Å²) in [6.07, 6.45) is 2.75. The van der Waals surface area contributed by atoms with Gasteiger partial charge in [-0.05, 0) is 23.8 Å². The lowest BCUT2D eigenvalue weighted by atomic mass is 10.1. The molecule has 0 unspecified atom stereocenters. The fourth-order valence-electron chi connectivity index (χ4n) is 1.73. The zero-order valence-electron chi connectivity index (χ0n) is 10.8. The first-order valence-corrected chi connectivity index (χ1v) is 5.88. The zero-order valence-corrected chi connectivity index (χ0v) is 10.8. The van der Waals surface area contributed by atoms with Gasteiger partial charge in [-0.1, -0.05) is 18.2 Å². The minimum atomic E-state index is -0.547. The number of ether oxygens (including phenoxy) is 1. The Bertz CT molecular complexity index is 634. The molecule has 0 atom stereocenters. The van der Waals surface area contributed by atoms with Crippen molar-refractivity contribution in [3.8, 4) is 11.1 Å². The molecule has 2 aromatic rings. The van der Waals surface area contributed by atoms with E-state index in [2.05, 4.69) is 9.72 Å². The summed E-state index contributed by atoms with van der Waals surface area (Å²) in [6.45, 7) is 0. The van der Waals surface area contributed by atoms with Gasteiger partial charge in [0.05, 0.1) is 12.8 Å². The number of halogens is 1. The smallest absolute Gasteiger partial charge is 0.341 e. The first-order chi connectivity index (χ1) is 9.65. The lowest BCUT2D eigenvalue weighted by molar-refractivity contribution is -0.133. The highest BCUT2D eigenvalue weighted by molar-refractivity contribution is 6.15. The highest BCUT2D eigenvalue weighted by Crippen LogP contribution is 2.21. The molecule has 0 aliphatic heterocycles. The number of benzene rings is 1. The van der Waals surface area contributed by atoms with Crippen LogP contribution in [-0.4, -0.2) is 18.1 Å². The third kappa shape index (κ3) is 2.83. The number of carbonyl (C=O) groups is 1. The van der Waals surface area contributed by atoms with Crippen LogP contribution >= 0.6 is 0 Å². The molecular weight excluding hydrogens is 259 g/mol. The maximum Gasteiger partial charge on any atom is 0.341 e. The first kappa shape index (κ1) is 13.7. The molecule has 0 saturated heterocycles. The molecule has 102 valence electrons. The van der Waals surface area contributed by atoms with Gasteiger partial charge in [0, 0.05) is 18.0 Å². The van der Waals surface area contributed by atoms with Crippen LogP contribution in [-0.2, 0) is 9.53 Å². The quantitative estimate of drug-likeness (QED) is 0.688. The molecule has 0 amide bonds. The second-order valence-electron chi connectivity index (χ2n) is 4.01. The fraction of sp³-hybridized carbons (Fsp3) is 0.0667. The Labute approximate surface area is 115 Å². The predicted molar refractivity (Wildman–Crippen MR) is 73.8 cm³/mol. The predicted octanol–water partition coefficient (Wildman–Crippen LogP) is 2.36. The molecule has 0 spiro atoms.